The lowest BCUT2D eigenvalue weighted by molar-refractivity contribution is 0.102. The molecule has 1 aliphatic rings. The molecular formula is C20H22F2N2O4S. The number of carbonyl (C=O) groups excluding carboxylic acids is 1. The van der Waals surface area contributed by atoms with Crippen molar-refractivity contribution in [2.75, 3.05) is 12.4 Å². The Hall–Kier alpha value is -2.52. The van der Waals surface area contributed by atoms with Crippen molar-refractivity contribution >= 4 is 21.6 Å². The summed E-state index contributed by atoms with van der Waals surface area (Å²) in [5.41, 5.74) is -0.213. The van der Waals surface area contributed by atoms with Gasteiger partial charge in [-0.1, -0.05) is 19.3 Å². The van der Waals surface area contributed by atoms with Crippen molar-refractivity contribution in [2.45, 2.75) is 43.0 Å². The number of amides is 1. The van der Waals surface area contributed by atoms with Crippen LogP contribution >= 0.6 is 0 Å². The highest BCUT2D eigenvalue weighted by molar-refractivity contribution is 7.89. The highest BCUT2D eigenvalue weighted by Crippen LogP contribution is 2.27. The maximum absolute atomic E-state index is 13.8. The molecule has 0 aliphatic heterocycles. The van der Waals surface area contributed by atoms with Gasteiger partial charge in [0, 0.05) is 17.7 Å². The molecule has 0 heterocycles. The number of rotatable bonds is 6. The van der Waals surface area contributed by atoms with Gasteiger partial charge in [-0.2, -0.15) is 0 Å². The fraction of sp³-hybridized carbons (Fsp3) is 0.350. The first-order valence-corrected chi connectivity index (χ1v) is 10.8. The zero-order valence-electron chi connectivity index (χ0n) is 15.9. The first kappa shape index (κ1) is 21.2. The van der Waals surface area contributed by atoms with E-state index in [1.165, 1.54) is 25.3 Å². The molecule has 0 unspecified atom stereocenters. The minimum atomic E-state index is -3.92. The summed E-state index contributed by atoms with van der Waals surface area (Å²) in [4.78, 5) is 12.3. The first-order chi connectivity index (χ1) is 13.8. The summed E-state index contributed by atoms with van der Waals surface area (Å²) in [5, 5.41) is 2.31. The smallest absolute Gasteiger partial charge is 0.255 e. The molecule has 0 bridgehead atoms. The summed E-state index contributed by atoms with van der Waals surface area (Å²) >= 11 is 0. The van der Waals surface area contributed by atoms with Crippen LogP contribution in [-0.2, 0) is 10.0 Å². The molecule has 0 spiro atoms. The second-order valence-electron chi connectivity index (χ2n) is 6.90. The summed E-state index contributed by atoms with van der Waals surface area (Å²) in [6.45, 7) is 0. The third-order valence-electron chi connectivity index (χ3n) is 4.82. The maximum atomic E-state index is 13.8. The molecule has 2 aromatic carbocycles. The molecule has 3 rings (SSSR count). The molecule has 1 amide bonds. The number of anilines is 1. The molecule has 9 heteroatoms. The van der Waals surface area contributed by atoms with E-state index in [1.54, 1.807) is 0 Å². The van der Waals surface area contributed by atoms with Crippen LogP contribution in [0, 0.1) is 11.6 Å². The third kappa shape index (κ3) is 5.10. The lowest BCUT2D eigenvalue weighted by Gasteiger charge is -2.23. The van der Waals surface area contributed by atoms with Crippen LogP contribution in [0.25, 0.3) is 0 Å². The van der Waals surface area contributed by atoms with Crippen LogP contribution in [0.2, 0.25) is 0 Å². The monoisotopic (exact) mass is 424 g/mol. The SMILES string of the molecule is COc1ccc(C(=O)Nc2ccc(F)cc2F)cc1S(=O)(=O)NC1CCCCC1. The molecule has 1 fully saturated rings. The fourth-order valence-electron chi connectivity index (χ4n) is 3.32. The van der Waals surface area contributed by atoms with Gasteiger partial charge in [0.25, 0.3) is 5.91 Å². The van der Waals surface area contributed by atoms with E-state index in [-0.39, 0.29) is 27.9 Å². The normalized spacial score (nSPS) is 15.1. The van der Waals surface area contributed by atoms with Crippen molar-refractivity contribution in [3.63, 3.8) is 0 Å². The lowest BCUT2D eigenvalue weighted by Crippen LogP contribution is -2.36. The Balaban J connectivity index is 1.86. The van der Waals surface area contributed by atoms with Crippen molar-refractivity contribution in [3.8, 4) is 5.75 Å². The van der Waals surface area contributed by atoms with Gasteiger partial charge >= 0.3 is 0 Å². The number of halogens is 2. The zero-order chi connectivity index (χ0) is 21.0. The molecule has 2 aromatic rings. The number of carbonyl (C=O) groups is 1. The van der Waals surface area contributed by atoms with Crippen LogP contribution < -0.4 is 14.8 Å². The summed E-state index contributed by atoms with van der Waals surface area (Å²) < 4.78 is 60.4. The van der Waals surface area contributed by atoms with Gasteiger partial charge in [0.15, 0.2) is 0 Å². The van der Waals surface area contributed by atoms with Gasteiger partial charge in [-0.15, -0.1) is 0 Å². The summed E-state index contributed by atoms with van der Waals surface area (Å²) in [6.07, 6.45) is 4.50. The largest absolute Gasteiger partial charge is 0.495 e. The molecule has 29 heavy (non-hydrogen) atoms. The van der Waals surface area contributed by atoms with Crippen molar-refractivity contribution in [1.29, 1.82) is 0 Å². The predicted molar refractivity (Wildman–Crippen MR) is 104 cm³/mol. The summed E-state index contributed by atoms with van der Waals surface area (Å²) in [7, 11) is -2.59. The van der Waals surface area contributed by atoms with Crippen LogP contribution in [0.5, 0.6) is 5.75 Å². The Kier molecular flexibility index (Phi) is 6.49. The van der Waals surface area contributed by atoms with Gasteiger partial charge in [-0.25, -0.2) is 21.9 Å². The van der Waals surface area contributed by atoms with E-state index >= 15 is 0 Å². The van der Waals surface area contributed by atoms with Crippen molar-refractivity contribution in [1.82, 2.24) is 4.72 Å². The van der Waals surface area contributed by atoms with Gasteiger partial charge in [0.2, 0.25) is 10.0 Å². The number of benzene rings is 2. The van der Waals surface area contributed by atoms with E-state index in [0.717, 1.165) is 44.2 Å². The van der Waals surface area contributed by atoms with Crippen LogP contribution in [-0.4, -0.2) is 27.5 Å². The number of hydrogen-bond donors (Lipinski definition) is 2. The van der Waals surface area contributed by atoms with Crippen LogP contribution in [0.1, 0.15) is 42.5 Å². The Labute approximate surface area is 168 Å². The molecule has 156 valence electrons. The van der Waals surface area contributed by atoms with E-state index in [9.17, 15) is 22.0 Å². The Morgan fingerprint density at radius 2 is 1.79 bits per heavy atom. The topological polar surface area (TPSA) is 84.5 Å². The molecular weight excluding hydrogens is 402 g/mol. The number of sulfonamides is 1. The number of nitrogens with one attached hydrogen (secondary N) is 2. The molecule has 0 saturated heterocycles. The minimum Gasteiger partial charge on any atom is -0.495 e. The molecule has 0 aromatic heterocycles. The van der Waals surface area contributed by atoms with Crippen LogP contribution in [0.4, 0.5) is 14.5 Å². The first-order valence-electron chi connectivity index (χ1n) is 9.27. The van der Waals surface area contributed by atoms with Gasteiger partial charge < -0.3 is 10.1 Å². The van der Waals surface area contributed by atoms with E-state index in [0.29, 0.717) is 6.07 Å². The average molecular weight is 424 g/mol. The summed E-state index contributed by atoms with van der Waals surface area (Å²) in [5.74, 6) is -2.34. The highest BCUT2D eigenvalue weighted by atomic mass is 32.2. The van der Waals surface area contributed by atoms with Gasteiger partial charge in [-0.3, -0.25) is 4.79 Å². The molecule has 1 aliphatic carbocycles. The fourth-order valence-corrected chi connectivity index (χ4v) is 4.82. The van der Waals surface area contributed by atoms with Crippen LogP contribution in [0.15, 0.2) is 41.3 Å². The predicted octanol–water partition coefficient (Wildman–Crippen LogP) is 3.84. The van der Waals surface area contributed by atoms with Gasteiger partial charge in [0.1, 0.15) is 22.3 Å². The maximum Gasteiger partial charge on any atom is 0.255 e. The molecule has 1 saturated carbocycles. The second-order valence-corrected chi connectivity index (χ2v) is 8.58. The Morgan fingerprint density at radius 3 is 2.45 bits per heavy atom. The minimum absolute atomic E-state index is 0.00135. The lowest BCUT2D eigenvalue weighted by atomic mass is 9.96. The van der Waals surface area contributed by atoms with Crippen molar-refractivity contribution < 1.29 is 26.7 Å². The van der Waals surface area contributed by atoms with Gasteiger partial charge in [0.05, 0.1) is 12.8 Å². The number of hydrogen-bond acceptors (Lipinski definition) is 4. The molecule has 2 N–H and O–H groups in total. The van der Waals surface area contributed by atoms with E-state index in [4.69, 9.17) is 4.74 Å². The molecule has 0 atom stereocenters. The Bertz CT molecular complexity index is 1010. The van der Waals surface area contributed by atoms with E-state index < -0.39 is 27.6 Å². The van der Waals surface area contributed by atoms with Crippen molar-refractivity contribution in [3.05, 3.63) is 53.6 Å². The zero-order valence-corrected chi connectivity index (χ0v) is 16.7. The van der Waals surface area contributed by atoms with E-state index in [2.05, 4.69) is 10.0 Å². The quantitative estimate of drug-likeness (QED) is 0.738. The summed E-state index contributed by atoms with van der Waals surface area (Å²) in [6, 6.07) is 6.50. The molecule has 0 radical (unpaired) electrons. The number of ether oxygens (including phenoxy) is 1. The van der Waals surface area contributed by atoms with Gasteiger partial charge in [-0.05, 0) is 43.2 Å². The average Bonchev–Trinajstić information content (AvgIpc) is 2.70. The van der Waals surface area contributed by atoms with E-state index in [1.807, 2.05) is 0 Å². The second kappa shape index (κ2) is 8.87. The Morgan fingerprint density at radius 1 is 1.07 bits per heavy atom. The van der Waals surface area contributed by atoms with Crippen LogP contribution in [0.3, 0.4) is 0 Å². The number of methoxy groups -OCH3 is 1. The highest BCUT2D eigenvalue weighted by Gasteiger charge is 2.26. The third-order valence-corrected chi connectivity index (χ3v) is 6.36. The van der Waals surface area contributed by atoms with Crippen molar-refractivity contribution in [2.24, 2.45) is 0 Å². The molecule has 6 nitrogen and oxygen atoms in total. The standard InChI is InChI=1S/C20H22F2N2O4S/c1-28-18-10-7-13(20(25)23-17-9-8-14(21)12-16(17)22)11-19(18)29(26,27)24-15-5-3-2-4-6-15/h7-12,15,24H,2-6H2,1H3,(H,23,25).